The zero-order valence-corrected chi connectivity index (χ0v) is 14.2. The highest BCUT2D eigenvalue weighted by atomic mass is 16.5. The second kappa shape index (κ2) is 6.92. The zero-order chi connectivity index (χ0) is 17.9. The van der Waals surface area contributed by atoms with Gasteiger partial charge < -0.3 is 14.5 Å². The molecule has 0 bridgehead atoms. The number of aromatic nitrogens is 1. The first-order chi connectivity index (χ1) is 12.8. The second-order valence-electron chi connectivity index (χ2n) is 6.31. The van der Waals surface area contributed by atoms with E-state index in [0.717, 1.165) is 34.9 Å². The maximum atomic E-state index is 9.57. The number of nitriles is 2. The summed E-state index contributed by atoms with van der Waals surface area (Å²) in [5.74, 6) is 0.613. The summed E-state index contributed by atoms with van der Waals surface area (Å²) in [7, 11) is 0. The van der Waals surface area contributed by atoms with Crippen molar-refractivity contribution in [2.75, 3.05) is 13.2 Å². The summed E-state index contributed by atoms with van der Waals surface area (Å²) >= 11 is 0. The summed E-state index contributed by atoms with van der Waals surface area (Å²) in [6, 6.07) is 17.8. The summed E-state index contributed by atoms with van der Waals surface area (Å²) in [4.78, 5) is 3.09. The molecule has 0 radical (unpaired) electrons. The monoisotopic (exact) mass is 343 g/mol. The number of rotatable bonds is 3. The Morgan fingerprint density at radius 1 is 1.04 bits per heavy atom. The highest BCUT2D eigenvalue weighted by Crippen LogP contribution is 2.33. The molecule has 2 heterocycles. The topological polar surface area (TPSA) is 81.8 Å². The molecule has 0 atom stereocenters. The van der Waals surface area contributed by atoms with Gasteiger partial charge in [-0.1, -0.05) is 18.2 Å². The molecule has 0 saturated carbocycles. The molecular weight excluding hydrogens is 326 g/mol. The third-order valence-corrected chi connectivity index (χ3v) is 4.66. The molecule has 4 rings (SSSR count). The molecule has 5 nitrogen and oxygen atoms in total. The molecule has 0 amide bonds. The van der Waals surface area contributed by atoms with Crippen LogP contribution in [0.4, 0.5) is 0 Å². The van der Waals surface area contributed by atoms with Gasteiger partial charge in [0.05, 0.1) is 18.8 Å². The fourth-order valence-electron chi connectivity index (χ4n) is 3.33. The minimum atomic E-state index is 0.0907. The summed E-state index contributed by atoms with van der Waals surface area (Å²) in [5.41, 5.74) is 3.85. The molecule has 26 heavy (non-hydrogen) atoms. The van der Waals surface area contributed by atoms with Gasteiger partial charge in [0.2, 0.25) is 0 Å². The van der Waals surface area contributed by atoms with Crippen LogP contribution >= 0.6 is 0 Å². The van der Waals surface area contributed by atoms with Gasteiger partial charge in [0.1, 0.15) is 29.7 Å². The molecule has 0 spiro atoms. The van der Waals surface area contributed by atoms with Crippen LogP contribution in [-0.4, -0.2) is 24.3 Å². The van der Waals surface area contributed by atoms with Crippen LogP contribution in [0.2, 0.25) is 0 Å². The van der Waals surface area contributed by atoms with E-state index in [1.54, 1.807) is 0 Å². The van der Waals surface area contributed by atoms with Crippen molar-refractivity contribution in [1.29, 1.82) is 10.5 Å². The van der Waals surface area contributed by atoms with E-state index in [-0.39, 0.29) is 6.10 Å². The van der Waals surface area contributed by atoms with Gasteiger partial charge in [0.25, 0.3) is 0 Å². The van der Waals surface area contributed by atoms with E-state index >= 15 is 0 Å². The molecule has 1 aliphatic heterocycles. The lowest BCUT2D eigenvalue weighted by Crippen LogP contribution is -2.26. The number of aromatic amines is 1. The van der Waals surface area contributed by atoms with Gasteiger partial charge in [0, 0.05) is 23.7 Å². The van der Waals surface area contributed by atoms with E-state index in [1.807, 2.05) is 42.5 Å². The first kappa shape index (κ1) is 16.2. The van der Waals surface area contributed by atoms with Crippen molar-refractivity contribution in [2.45, 2.75) is 18.9 Å². The Morgan fingerprint density at radius 2 is 1.88 bits per heavy atom. The van der Waals surface area contributed by atoms with Gasteiger partial charge in [-0.2, -0.15) is 10.5 Å². The molecule has 1 aromatic heterocycles. The van der Waals surface area contributed by atoms with E-state index in [9.17, 15) is 5.26 Å². The van der Waals surface area contributed by atoms with E-state index in [1.165, 1.54) is 0 Å². The highest BCUT2D eigenvalue weighted by Gasteiger charge is 2.17. The molecule has 5 heteroatoms. The lowest BCUT2D eigenvalue weighted by atomic mass is 9.99. The van der Waals surface area contributed by atoms with Gasteiger partial charge in [-0.05, 0) is 35.4 Å². The molecular formula is C21H17N3O2. The van der Waals surface area contributed by atoms with E-state index in [2.05, 4.69) is 17.1 Å². The Labute approximate surface area is 151 Å². The number of H-pyrrole nitrogens is 1. The van der Waals surface area contributed by atoms with Crippen LogP contribution in [0.15, 0.2) is 42.5 Å². The lowest BCUT2D eigenvalue weighted by molar-refractivity contribution is 0.0254. The zero-order valence-electron chi connectivity index (χ0n) is 14.2. The number of hydrogen-bond acceptors (Lipinski definition) is 4. The summed E-state index contributed by atoms with van der Waals surface area (Å²) < 4.78 is 11.4. The van der Waals surface area contributed by atoms with E-state index in [0.29, 0.717) is 30.2 Å². The molecule has 0 aliphatic carbocycles. The average molecular weight is 343 g/mol. The number of hydrogen-bond donors (Lipinski definition) is 1. The fourth-order valence-corrected chi connectivity index (χ4v) is 3.33. The molecule has 1 saturated heterocycles. The third-order valence-electron chi connectivity index (χ3n) is 4.66. The normalized spacial score (nSPS) is 14.7. The highest BCUT2D eigenvalue weighted by molar-refractivity contribution is 5.96. The largest absolute Gasteiger partial charge is 0.489 e. The standard InChI is InChI=1S/C21H17N3O2/c22-12-15-10-14(4-5-21(15)26-17-6-8-25-9-7-17)18-2-1-3-20-19(18)11-16(13-23)24-20/h1-5,10-11,17,24H,6-9H2. The number of ether oxygens (including phenoxy) is 2. The van der Waals surface area contributed by atoms with E-state index in [4.69, 9.17) is 14.7 Å². The molecule has 2 aromatic carbocycles. The predicted molar refractivity (Wildman–Crippen MR) is 97.6 cm³/mol. The maximum Gasteiger partial charge on any atom is 0.137 e. The Kier molecular flexibility index (Phi) is 4.31. The number of benzene rings is 2. The van der Waals surface area contributed by atoms with Crippen LogP contribution in [0.3, 0.4) is 0 Å². The van der Waals surface area contributed by atoms with Crippen LogP contribution in [0.25, 0.3) is 22.0 Å². The van der Waals surface area contributed by atoms with Crippen molar-refractivity contribution >= 4 is 10.9 Å². The van der Waals surface area contributed by atoms with Crippen LogP contribution < -0.4 is 4.74 Å². The van der Waals surface area contributed by atoms with Crippen LogP contribution in [-0.2, 0) is 4.74 Å². The number of nitrogens with one attached hydrogen (secondary N) is 1. The summed E-state index contributed by atoms with van der Waals surface area (Å²) in [5, 5.41) is 19.7. The summed E-state index contributed by atoms with van der Waals surface area (Å²) in [6.07, 6.45) is 1.77. The van der Waals surface area contributed by atoms with Crippen molar-refractivity contribution in [3.8, 4) is 29.0 Å². The van der Waals surface area contributed by atoms with E-state index < -0.39 is 0 Å². The molecule has 3 aromatic rings. The fraction of sp³-hybridized carbons (Fsp3) is 0.238. The van der Waals surface area contributed by atoms with Crippen molar-refractivity contribution in [3.05, 3.63) is 53.7 Å². The van der Waals surface area contributed by atoms with Gasteiger partial charge in [-0.3, -0.25) is 0 Å². The Balaban J connectivity index is 1.71. The first-order valence-corrected chi connectivity index (χ1v) is 8.59. The quantitative estimate of drug-likeness (QED) is 0.775. The second-order valence-corrected chi connectivity index (χ2v) is 6.31. The molecule has 1 N–H and O–H groups in total. The van der Waals surface area contributed by atoms with Crippen molar-refractivity contribution < 1.29 is 9.47 Å². The Hall–Kier alpha value is -3.28. The minimum Gasteiger partial charge on any atom is -0.489 e. The molecule has 1 fully saturated rings. The smallest absolute Gasteiger partial charge is 0.137 e. The van der Waals surface area contributed by atoms with Gasteiger partial charge in [-0.25, -0.2) is 0 Å². The first-order valence-electron chi connectivity index (χ1n) is 8.59. The van der Waals surface area contributed by atoms with Crippen LogP contribution in [0, 0.1) is 22.7 Å². The molecule has 1 aliphatic rings. The number of nitrogens with zero attached hydrogens (tertiary/aromatic N) is 2. The Bertz CT molecular complexity index is 1030. The van der Waals surface area contributed by atoms with Crippen molar-refractivity contribution in [1.82, 2.24) is 4.98 Å². The van der Waals surface area contributed by atoms with Gasteiger partial charge in [-0.15, -0.1) is 0 Å². The van der Waals surface area contributed by atoms with Crippen LogP contribution in [0.5, 0.6) is 5.75 Å². The maximum absolute atomic E-state index is 9.57. The predicted octanol–water partition coefficient (Wildman–Crippen LogP) is 4.14. The van der Waals surface area contributed by atoms with Crippen molar-refractivity contribution in [2.24, 2.45) is 0 Å². The molecule has 0 unspecified atom stereocenters. The third kappa shape index (κ3) is 3.01. The SMILES string of the molecule is N#Cc1cc2c(-c3ccc(OC4CCOCC4)c(C#N)c3)cccc2[nH]1. The number of fused-ring (bicyclic) bond motifs is 1. The lowest BCUT2D eigenvalue weighted by Gasteiger charge is -2.24. The summed E-state index contributed by atoms with van der Waals surface area (Å²) in [6.45, 7) is 1.39. The van der Waals surface area contributed by atoms with Gasteiger partial charge in [0.15, 0.2) is 0 Å². The van der Waals surface area contributed by atoms with Gasteiger partial charge >= 0.3 is 0 Å². The minimum absolute atomic E-state index is 0.0907. The van der Waals surface area contributed by atoms with Crippen LogP contribution in [0.1, 0.15) is 24.1 Å². The van der Waals surface area contributed by atoms with Crippen molar-refractivity contribution in [3.63, 3.8) is 0 Å². The molecule has 128 valence electrons. The Morgan fingerprint density at radius 3 is 2.65 bits per heavy atom. The average Bonchev–Trinajstić information content (AvgIpc) is 3.12.